The minimum atomic E-state index is -0.725. The van der Waals surface area contributed by atoms with Crippen molar-refractivity contribution < 1.29 is 14.6 Å². The van der Waals surface area contributed by atoms with Crippen LogP contribution < -0.4 is 4.74 Å². The second-order valence-electron chi connectivity index (χ2n) is 7.69. The fraction of sp³-hybridized carbons (Fsp3) is 0.650. The Bertz CT molecular complexity index is 642. The van der Waals surface area contributed by atoms with Crippen molar-refractivity contribution in [3.63, 3.8) is 0 Å². The van der Waals surface area contributed by atoms with Crippen LogP contribution in [0.15, 0.2) is 18.2 Å². The SMILES string of the molecule is C[C@@H](C(=O)O)N1CCC(CN2CCC(Oc3ccc(Cl)c(Cl)c3)CC2)CC1. The summed E-state index contributed by atoms with van der Waals surface area (Å²) in [7, 11) is 0. The normalized spacial score (nSPS) is 21.9. The van der Waals surface area contributed by atoms with E-state index in [1.54, 1.807) is 19.1 Å². The topological polar surface area (TPSA) is 53.0 Å². The van der Waals surface area contributed by atoms with Crippen LogP contribution in [-0.2, 0) is 4.79 Å². The van der Waals surface area contributed by atoms with E-state index in [0.29, 0.717) is 16.0 Å². The van der Waals surface area contributed by atoms with E-state index in [4.69, 9.17) is 33.0 Å². The number of benzene rings is 1. The molecule has 2 aliphatic rings. The molecule has 2 saturated heterocycles. The maximum atomic E-state index is 11.1. The van der Waals surface area contributed by atoms with Gasteiger partial charge in [-0.25, -0.2) is 0 Å². The molecule has 2 heterocycles. The first-order valence-electron chi connectivity index (χ1n) is 9.73. The van der Waals surface area contributed by atoms with Gasteiger partial charge in [0.25, 0.3) is 0 Å². The summed E-state index contributed by atoms with van der Waals surface area (Å²) in [4.78, 5) is 15.7. The highest BCUT2D eigenvalue weighted by Crippen LogP contribution is 2.28. The van der Waals surface area contributed by atoms with Crippen molar-refractivity contribution in [2.24, 2.45) is 5.92 Å². The molecule has 0 saturated carbocycles. The lowest BCUT2D eigenvalue weighted by Crippen LogP contribution is -2.47. The van der Waals surface area contributed by atoms with E-state index in [2.05, 4.69) is 9.80 Å². The first kappa shape index (κ1) is 20.7. The average Bonchev–Trinajstić information content (AvgIpc) is 2.66. The summed E-state index contributed by atoms with van der Waals surface area (Å²) in [6, 6.07) is 5.04. The first-order valence-corrected chi connectivity index (χ1v) is 10.5. The second kappa shape index (κ2) is 9.46. The van der Waals surface area contributed by atoms with E-state index in [1.165, 1.54) is 0 Å². The summed E-state index contributed by atoms with van der Waals surface area (Å²) in [6.45, 7) is 6.73. The zero-order valence-electron chi connectivity index (χ0n) is 15.7. The summed E-state index contributed by atoms with van der Waals surface area (Å²) in [5.74, 6) is 0.718. The van der Waals surface area contributed by atoms with Gasteiger partial charge in [-0.05, 0) is 63.7 Å². The Labute approximate surface area is 171 Å². The Morgan fingerprint density at radius 3 is 2.41 bits per heavy atom. The van der Waals surface area contributed by atoms with Crippen LogP contribution >= 0.6 is 23.2 Å². The summed E-state index contributed by atoms with van der Waals surface area (Å²) in [5.41, 5.74) is 0. The van der Waals surface area contributed by atoms with Gasteiger partial charge in [0.05, 0.1) is 10.0 Å². The molecule has 5 nitrogen and oxygen atoms in total. The summed E-state index contributed by atoms with van der Waals surface area (Å²) >= 11 is 12.0. The number of rotatable bonds is 6. The standard InChI is InChI=1S/C20H28Cl2N2O3/c1-14(20(25)26)24-10-4-15(5-11-24)13-23-8-6-16(7-9-23)27-17-2-3-18(21)19(22)12-17/h2-3,12,14-16H,4-11,13H2,1H3,(H,25,26)/t14-/m0/s1. The molecule has 0 radical (unpaired) electrons. The number of ether oxygens (including phenoxy) is 1. The average molecular weight is 415 g/mol. The van der Waals surface area contributed by atoms with Crippen LogP contribution in [0.2, 0.25) is 10.0 Å². The number of carboxylic acid groups (broad SMARTS) is 1. The van der Waals surface area contributed by atoms with Crippen molar-refractivity contribution in [1.29, 1.82) is 0 Å². The molecule has 0 aliphatic carbocycles. The Balaban J connectivity index is 1.38. The van der Waals surface area contributed by atoms with E-state index >= 15 is 0 Å². The number of aliphatic carboxylic acids is 1. The van der Waals surface area contributed by atoms with Crippen LogP contribution in [-0.4, -0.2) is 65.7 Å². The highest BCUT2D eigenvalue weighted by atomic mass is 35.5. The molecule has 1 N–H and O–H groups in total. The molecule has 0 unspecified atom stereocenters. The molecular formula is C20H28Cl2N2O3. The van der Waals surface area contributed by atoms with Crippen LogP contribution in [0, 0.1) is 5.92 Å². The lowest BCUT2D eigenvalue weighted by atomic mass is 9.94. The highest BCUT2D eigenvalue weighted by Gasteiger charge is 2.28. The summed E-state index contributed by atoms with van der Waals surface area (Å²) in [5, 5.41) is 10.2. The smallest absolute Gasteiger partial charge is 0.320 e. The van der Waals surface area contributed by atoms with Gasteiger partial charge in [0, 0.05) is 25.7 Å². The third-order valence-electron chi connectivity index (χ3n) is 5.80. The van der Waals surface area contributed by atoms with Crippen molar-refractivity contribution in [3.05, 3.63) is 28.2 Å². The van der Waals surface area contributed by atoms with Crippen molar-refractivity contribution >= 4 is 29.2 Å². The van der Waals surface area contributed by atoms with Gasteiger partial charge in [0.15, 0.2) is 0 Å². The van der Waals surface area contributed by atoms with Gasteiger partial charge in [-0.1, -0.05) is 23.2 Å². The van der Waals surface area contributed by atoms with Gasteiger partial charge in [0.1, 0.15) is 17.9 Å². The van der Waals surface area contributed by atoms with Gasteiger partial charge < -0.3 is 14.7 Å². The molecule has 7 heteroatoms. The van der Waals surface area contributed by atoms with Crippen molar-refractivity contribution in [2.75, 3.05) is 32.7 Å². The first-order chi connectivity index (χ1) is 12.9. The maximum Gasteiger partial charge on any atom is 0.320 e. The predicted molar refractivity (Wildman–Crippen MR) is 108 cm³/mol. The second-order valence-corrected chi connectivity index (χ2v) is 8.50. The number of likely N-dealkylation sites (tertiary alicyclic amines) is 2. The Morgan fingerprint density at radius 2 is 1.81 bits per heavy atom. The third kappa shape index (κ3) is 5.74. The molecule has 2 aliphatic heterocycles. The van der Waals surface area contributed by atoms with E-state index in [1.807, 2.05) is 6.07 Å². The molecule has 1 aromatic rings. The van der Waals surface area contributed by atoms with Gasteiger partial charge in [-0.3, -0.25) is 9.69 Å². The molecule has 0 aromatic heterocycles. The van der Waals surface area contributed by atoms with Gasteiger partial charge in [-0.15, -0.1) is 0 Å². The molecule has 150 valence electrons. The van der Waals surface area contributed by atoms with Crippen LogP contribution in [0.1, 0.15) is 32.6 Å². The fourth-order valence-corrected chi connectivity index (χ4v) is 4.28. The van der Waals surface area contributed by atoms with E-state index in [9.17, 15) is 4.79 Å². The number of carbonyl (C=O) groups is 1. The number of carboxylic acids is 1. The molecule has 0 bridgehead atoms. The molecule has 0 spiro atoms. The zero-order valence-corrected chi connectivity index (χ0v) is 17.3. The number of piperidine rings is 2. The minimum Gasteiger partial charge on any atom is -0.490 e. The Morgan fingerprint density at radius 1 is 1.15 bits per heavy atom. The van der Waals surface area contributed by atoms with Crippen LogP contribution in [0.3, 0.4) is 0 Å². The molecule has 3 rings (SSSR count). The number of halogens is 2. The monoisotopic (exact) mass is 414 g/mol. The number of nitrogens with zero attached hydrogens (tertiary/aromatic N) is 2. The highest BCUT2D eigenvalue weighted by molar-refractivity contribution is 6.42. The van der Waals surface area contributed by atoms with Gasteiger partial charge >= 0.3 is 5.97 Å². The predicted octanol–water partition coefficient (Wildman–Crippen LogP) is 4.02. The Hall–Kier alpha value is -1.01. The van der Waals surface area contributed by atoms with Crippen molar-refractivity contribution in [1.82, 2.24) is 9.80 Å². The molecule has 2 fully saturated rings. The number of hydrogen-bond donors (Lipinski definition) is 1. The van der Waals surface area contributed by atoms with E-state index in [0.717, 1.165) is 64.2 Å². The molecule has 1 atom stereocenters. The van der Waals surface area contributed by atoms with Crippen molar-refractivity contribution in [3.8, 4) is 5.75 Å². The summed E-state index contributed by atoms with van der Waals surface area (Å²) < 4.78 is 6.06. The molecular weight excluding hydrogens is 387 g/mol. The lowest BCUT2D eigenvalue weighted by Gasteiger charge is -2.38. The maximum absolute atomic E-state index is 11.1. The van der Waals surface area contributed by atoms with E-state index in [-0.39, 0.29) is 12.1 Å². The lowest BCUT2D eigenvalue weighted by molar-refractivity contribution is -0.143. The number of hydrogen-bond acceptors (Lipinski definition) is 4. The van der Waals surface area contributed by atoms with Crippen LogP contribution in [0.4, 0.5) is 0 Å². The fourth-order valence-electron chi connectivity index (χ4n) is 4.00. The zero-order chi connectivity index (χ0) is 19.4. The molecule has 1 aromatic carbocycles. The molecule has 27 heavy (non-hydrogen) atoms. The minimum absolute atomic E-state index is 0.219. The van der Waals surface area contributed by atoms with Crippen LogP contribution in [0.5, 0.6) is 5.75 Å². The third-order valence-corrected chi connectivity index (χ3v) is 6.54. The van der Waals surface area contributed by atoms with Crippen LogP contribution in [0.25, 0.3) is 0 Å². The van der Waals surface area contributed by atoms with Gasteiger partial charge in [0.2, 0.25) is 0 Å². The van der Waals surface area contributed by atoms with E-state index < -0.39 is 5.97 Å². The molecule has 0 amide bonds. The van der Waals surface area contributed by atoms with Crippen molar-refractivity contribution in [2.45, 2.75) is 44.8 Å². The van der Waals surface area contributed by atoms with Gasteiger partial charge in [-0.2, -0.15) is 0 Å². The summed E-state index contributed by atoms with van der Waals surface area (Å²) in [6.07, 6.45) is 4.40. The largest absolute Gasteiger partial charge is 0.490 e. The Kier molecular flexibility index (Phi) is 7.26. The quantitative estimate of drug-likeness (QED) is 0.761.